The van der Waals surface area contributed by atoms with Crippen LogP contribution in [-0.2, 0) is 16.1 Å². The zero-order chi connectivity index (χ0) is 23.7. The van der Waals surface area contributed by atoms with Gasteiger partial charge in [-0.1, -0.05) is 18.2 Å². The standard InChI is InChI=1S/C23H21N5O5/c1-12(24)14-3-5-15(6-4-14)26-23(33)25-11-13-2-7-16-17(10-13)22(32)28(21(16)31)18-8-9-19(29)27-20(18)30/h2-7,10,18,24H,8-9,11H2,1H3,(H2,25,26,33)(H,27,29,30). The number of imide groups is 2. The van der Waals surface area contributed by atoms with Gasteiger partial charge in [0.25, 0.3) is 11.8 Å². The summed E-state index contributed by atoms with van der Waals surface area (Å²) < 4.78 is 0. The van der Waals surface area contributed by atoms with Crippen LogP contribution in [0.2, 0.25) is 0 Å². The minimum atomic E-state index is -1.02. The molecule has 2 heterocycles. The number of amides is 6. The average Bonchev–Trinajstić information content (AvgIpc) is 3.02. The molecule has 1 unspecified atom stereocenters. The molecule has 0 bridgehead atoms. The summed E-state index contributed by atoms with van der Waals surface area (Å²) in [7, 11) is 0. The van der Waals surface area contributed by atoms with E-state index in [-0.39, 0.29) is 30.5 Å². The van der Waals surface area contributed by atoms with Crippen LogP contribution in [-0.4, -0.2) is 46.3 Å². The van der Waals surface area contributed by atoms with Crippen LogP contribution in [0.4, 0.5) is 10.5 Å². The molecule has 0 spiro atoms. The number of hydrogen-bond acceptors (Lipinski definition) is 6. The Hall–Kier alpha value is -4.34. The molecule has 2 aromatic rings. The Morgan fingerprint density at radius 2 is 1.76 bits per heavy atom. The fraction of sp³-hybridized carbons (Fsp3) is 0.217. The Balaban J connectivity index is 1.40. The van der Waals surface area contributed by atoms with Crippen molar-refractivity contribution < 1.29 is 24.0 Å². The third kappa shape index (κ3) is 4.36. The van der Waals surface area contributed by atoms with Crippen LogP contribution in [0.5, 0.6) is 0 Å². The van der Waals surface area contributed by atoms with Crippen molar-refractivity contribution in [2.75, 3.05) is 5.32 Å². The minimum absolute atomic E-state index is 0.0534. The first kappa shape index (κ1) is 21.9. The number of hydrogen-bond donors (Lipinski definition) is 4. The lowest BCUT2D eigenvalue weighted by atomic mass is 10.0. The molecule has 2 aliphatic heterocycles. The quantitative estimate of drug-likeness (QED) is 0.407. The summed E-state index contributed by atoms with van der Waals surface area (Å²) in [6, 6.07) is 10.0. The van der Waals surface area contributed by atoms with Gasteiger partial charge < -0.3 is 16.0 Å². The number of nitrogens with one attached hydrogen (secondary N) is 4. The summed E-state index contributed by atoms with van der Waals surface area (Å²) in [5, 5.41) is 15.1. The normalized spacial score (nSPS) is 17.5. The number of carbonyl (C=O) groups is 5. The molecule has 10 nitrogen and oxygen atoms in total. The maximum atomic E-state index is 12.9. The van der Waals surface area contributed by atoms with Gasteiger partial charge in [-0.3, -0.25) is 29.4 Å². The molecule has 4 N–H and O–H groups in total. The van der Waals surface area contributed by atoms with E-state index in [9.17, 15) is 24.0 Å². The molecular formula is C23H21N5O5. The number of urea groups is 1. The van der Waals surface area contributed by atoms with Gasteiger partial charge >= 0.3 is 6.03 Å². The zero-order valence-corrected chi connectivity index (χ0v) is 17.7. The molecule has 6 amide bonds. The van der Waals surface area contributed by atoms with Crippen molar-refractivity contribution >= 4 is 41.1 Å². The number of benzene rings is 2. The third-order valence-corrected chi connectivity index (χ3v) is 5.53. The topological polar surface area (TPSA) is 149 Å². The van der Waals surface area contributed by atoms with E-state index in [1.54, 1.807) is 37.3 Å². The molecule has 1 fully saturated rings. The smallest absolute Gasteiger partial charge is 0.319 e. The second-order valence-electron chi connectivity index (χ2n) is 7.84. The van der Waals surface area contributed by atoms with E-state index in [1.807, 2.05) is 0 Å². The lowest BCUT2D eigenvalue weighted by Gasteiger charge is -2.27. The Morgan fingerprint density at radius 3 is 2.42 bits per heavy atom. The van der Waals surface area contributed by atoms with Crippen LogP contribution < -0.4 is 16.0 Å². The maximum absolute atomic E-state index is 12.9. The first-order valence-corrected chi connectivity index (χ1v) is 10.3. The van der Waals surface area contributed by atoms with Crippen LogP contribution in [0.15, 0.2) is 42.5 Å². The van der Waals surface area contributed by atoms with Crippen molar-refractivity contribution in [2.45, 2.75) is 32.4 Å². The number of piperidine rings is 1. The van der Waals surface area contributed by atoms with E-state index in [1.165, 1.54) is 12.1 Å². The fourth-order valence-electron chi connectivity index (χ4n) is 3.79. The van der Waals surface area contributed by atoms with Crippen LogP contribution in [0.3, 0.4) is 0 Å². The average molecular weight is 447 g/mol. The van der Waals surface area contributed by atoms with Crippen molar-refractivity contribution in [3.05, 3.63) is 64.7 Å². The Kier molecular flexibility index (Phi) is 5.74. The van der Waals surface area contributed by atoms with E-state index in [2.05, 4.69) is 16.0 Å². The molecule has 2 aliphatic rings. The molecule has 4 rings (SSSR count). The second-order valence-corrected chi connectivity index (χ2v) is 7.84. The number of carbonyl (C=O) groups excluding carboxylic acids is 5. The summed E-state index contributed by atoms with van der Waals surface area (Å²) in [4.78, 5) is 62.2. The van der Waals surface area contributed by atoms with E-state index < -0.39 is 35.7 Å². The highest BCUT2D eigenvalue weighted by atomic mass is 16.2. The summed E-state index contributed by atoms with van der Waals surface area (Å²) in [5.74, 6) is -2.27. The van der Waals surface area contributed by atoms with Crippen LogP contribution in [0, 0.1) is 5.41 Å². The Morgan fingerprint density at radius 1 is 1.06 bits per heavy atom. The predicted molar refractivity (Wildman–Crippen MR) is 118 cm³/mol. The summed E-state index contributed by atoms with van der Waals surface area (Å²) in [6.45, 7) is 1.78. The van der Waals surface area contributed by atoms with E-state index in [0.717, 1.165) is 10.5 Å². The molecule has 1 saturated heterocycles. The fourth-order valence-corrected chi connectivity index (χ4v) is 3.79. The third-order valence-electron chi connectivity index (χ3n) is 5.53. The highest BCUT2D eigenvalue weighted by Gasteiger charge is 2.44. The van der Waals surface area contributed by atoms with E-state index >= 15 is 0 Å². The number of nitrogens with zero attached hydrogens (tertiary/aromatic N) is 1. The number of anilines is 1. The SMILES string of the molecule is CC(=N)c1ccc(NC(=O)NCc2ccc3c(c2)C(=O)N(C2CCC(=O)NC2=O)C3=O)cc1. The molecular weight excluding hydrogens is 426 g/mol. The molecule has 0 aliphatic carbocycles. The predicted octanol–water partition coefficient (Wildman–Crippen LogP) is 1.80. The second kappa shape index (κ2) is 8.65. The molecule has 1 atom stereocenters. The Bertz CT molecular complexity index is 1200. The lowest BCUT2D eigenvalue weighted by molar-refractivity contribution is -0.136. The minimum Gasteiger partial charge on any atom is -0.334 e. The van der Waals surface area contributed by atoms with Gasteiger partial charge in [0.15, 0.2) is 0 Å². The molecule has 33 heavy (non-hydrogen) atoms. The Labute approximate surface area is 188 Å². The maximum Gasteiger partial charge on any atom is 0.319 e. The van der Waals surface area contributed by atoms with Gasteiger partial charge in [0.2, 0.25) is 11.8 Å². The first-order chi connectivity index (χ1) is 15.7. The van der Waals surface area contributed by atoms with E-state index in [0.29, 0.717) is 17.0 Å². The molecule has 10 heteroatoms. The van der Waals surface area contributed by atoms with Crippen LogP contribution >= 0.6 is 0 Å². The van der Waals surface area contributed by atoms with Crippen molar-refractivity contribution in [1.82, 2.24) is 15.5 Å². The molecule has 0 saturated carbocycles. The lowest BCUT2D eigenvalue weighted by Crippen LogP contribution is -2.54. The zero-order valence-electron chi connectivity index (χ0n) is 17.7. The van der Waals surface area contributed by atoms with Gasteiger partial charge in [-0.2, -0.15) is 0 Å². The van der Waals surface area contributed by atoms with Crippen molar-refractivity contribution in [3.63, 3.8) is 0 Å². The van der Waals surface area contributed by atoms with Gasteiger partial charge in [-0.05, 0) is 48.7 Å². The molecule has 2 aromatic carbocycles. The number of fused-ring (bicyclic) bond motifs is 1. The van der Waals surface area contributed by atoms with Crippen LogP contribution in [0.25, 0.3) is 0 Å². The number of rotatable bonds is 5. The van der Waals surface area contributed by atoms with Gasteiger partial charge in [-0.15, -0.1) is 0 Å². The molecule has 0 radical (unpaired) electrons. The first-order valence-electron chi connectivity index (χ1n) is 10.3. The van der Waals surface area contributed by atoms with Crippen LogP contribution in [0.1, 0.15) is 51.6 Å². The van der Waals surface area contributed by atoms with Crippen molar-refractivity contribution in [2.24, 2.45) is 0 Å². The highest BCUT2D eigenvalue weighted by Crippen LogP contribution is 2.28. The van der Waals surface area contributed by atoms with Crippen molar-refractivity contribution in [3.8, 4) is 0 Å². The molecule has 0 aromatic heterocycles. The summed E-state index contributed by atoms with van der Waals surface area (Å²) in [6.07, 6.45) is 0.142. The van der Waals surface area contributed by atoms with E-state index in [4.69, 9.17) is 5.41 Å². The largest absolute Gasteiger partial charge is 0.334 e. The van der Waals surface area contributed by atoms with Crippen molar-refractivity contribution in [1.29, 1.82) is 5.41 Å². The summed E-state index contributed by atoms with van der Waals surface area (Å²) in [5.41, 5.74) is 2.68. The van der Waals surface area contributed by atoms with Gasteiger partial charge in [0, 0.05) is 24.4 Å². The van der Waals surface area contributed by atoms with Gasteiger partial charge in [-0.25, -0.2) is 4.79 Å². The summed E-state index contributed by atoms with van der Waals surface area (Å²) >= 11 is 0. The highest BCUT2D eigenvalue weighted by molar-refractivity contribution is 6.23. The molecule has 168 valence electrons. The van der Waals surface area contributed by atoms with Gasteiger partial charge in [0.1, 0.15) is 6.04 Å². The monoisotopic (exact) mass is 447 g/mol. The van der Waals surface area contributed by atoms with Gasteiger partial charge in [0.05, 0.1) is 11.1 Å².